The number of guanidine groups is 1. The summed E-state index contributed by atoms with van der Waals surface area (Å²) >= 11 is 0. The molecule has 0 aromatic heterocycles. The summed E-state index contributed by atoms with van der Waals surface area (Å²) in [6.07, 6.45) is 1.80. The lowest BCUT2D eigenvalue weighted by molar-refractivity contribution is 0.478. The molecule has 0 spiro atoms. The average molecular weight is 359 g/mol. The van der Waals surface area contributed by atoms with Crippen LogP contribution in [-0.4, -0.2) is 31.0 Å². The van der Waals surface area contributed by atoms with E-state index in [-0.39, 0.29) is 24.0 Å². The summed E-state index contributed by atoms with van der Waals surface area (Å²) in [5.41, 5.74) is 1.28. The SMILES string of the molecule is C=CCN=C(NCC)N(C)Cc1ccccc1.I. The van der Waals surface area contributed by atoms with Gasteiger partial charge in [-0.05, 0) is 12.5 Å². The zero-order valence-corrected chi connectivity index (χ0v) is 13.4. The second kappa shape index (κ2) is 9.94. The molecule has 18 heavy (non-hydrogen) atoms. The number of rotatable bonds is 5. The summed E-state index contributed by atoms with van der Waals surface area (Å²) in [6.45, 7) is 8.11. The van der Waals surface area contributed by atoms with E-state index >= 15 is 0 Å². The molecule has 0 fully saturated rings. The number of benzene rings is 1. The summed E-state index contributed by atoms with van der Waals surface area (Å²) < 4.78 is 0. The standard InChI is InChI=1S/C14H21N3.HI/c1-4-11-16-14(15-5-2)17(3)12-13-9-7-6-8-10-13;/h4,6-10H,1,5,11-12H2,2-3H3,(H,15,16);1H. The normalized spacial score (nSPS) is 10.4. The largest absolute Gasteiger partial charge is 0.357 e. The average Bonchev–Trinajstić information content (AvgIpc) is 2.35. The van der Waals surface area contributed by atoms with Crippen molar-refractivity contribution in [3.8, 4) is 0 Å². The molecule has 0 unspecified atom stereocenters. The van der Waals surface area contributed by atoms with E-state index in [0.29, 0.717) is 6.54 Å². The van der Waals surface area contributed by atoms with Crippen LogP contribution in [0.1, 0.15) is 12.5 Å². The highest BCUT2D eigenvalue weighted by molar-refractivity contribution is 14.0. The molecule has 4 heteroatoms. The second-order valence-electron chi connectivity index (χ2n) is 3.82. The first-order chi connectivity index (χ1) is 8.27. The van der Waals surface area contributed by atoms with Crippen LogP contribution in [-0.2, 0) is 6.54 Å². The molecule has 3 nitrogen and oxygen atoms in total. The summed E-state index contributed by atoms with van der Waals surface area (Å²) in [4.78, 5) is 6.55. The van der Waals surface area contributed by atoms with Crippen molar-refractivity contribution >= 4 is 29.9 Å². The van der Waals surface area contributed by atoms with Crippen LogP contribution in [0.5, 0.6) is 0 Å². The van der Waals surface area contributed by atoms with Gasteiger partial charge in [0.1, 0.15) is 0 Å². The highest BCUT2D eigenvalue weighted by atomic mass is 127. The van der Waals surface area contributed by atoms with Gasteiger partial charge in [-0.15, -0.1) is 30.6 Å². The Labute approximate surface area is 127 Å². The van der Waals surface area contributed by atoms with Gasteiger partial charge >= 0.3 is 0 Å². The molecular weight excluding hydrogens is 337 g/mol. The molecule has 0 heterocycles. The Bertz CT molecular complexity index is 363. The van der Waals surface area contributed by atoms with Crippen LogP contribution in [0, 0.1) is 0 Å². The molecular formula is C14H22IN3. The lowest BCUT2D eigenvalue weighted by Crippen LogP contribution is -2.38. The lowest BCUT2D eigenvalue weighted by atomic mass is 10.2. The van der Waals surface area contributed by atoms with Crippen molar-refractivity contribution in [1.29, 1.82) is 0 Å². The van der Waals surface area contributed by atoms with Crippen LogP contribution in [0.25, 0.3) is 0 Å². The third-order valence-corrected chi connectivity index (χ3v) is 2.33. The molecule has 0 saturated carbocycles. The molecule has 0 amide bonds. The monoisotopic (exact) mass is 359 g/mol. The van der Waals surface area contributed by atoms with Crippen LogP contribution in [0.4, 0.5) is 0 Å². The number of halogens is 1. The molecule has 0 radical (unpaired) electrons. The van der Waals surface area contributed by atoms with E-state index in [1.165, 1.54) is 5.56 Å². The van der Waals surface area contributed by atoms with Crippen LogP contribution >= 0.6 is 24.0 Å². The number of aliphatic imine (C=N–C) groups is 1. The Morgan fingerprint density at radius 2 is 2.06 bits per heavy atom. The molecule has 0 saturated heterocycles. The summed E-state index contributed by atoms with van der Waals surface area (Å²) in [5, 5.41) is 3.27. The Hall–Kier alpha value is -1.04. The van der Waals surface area contributed by atoms with Gasteiger partial charge in [0.05, 0.1) is 6.54 Å². The Balaban J connectivity index is 0.00000289. The first-order valence-electron chi connectivity index (χ1n) is 5.92. The van der Waals surface area contributed by atoms with Crippen molar-refractivity contribution in [2.24, 2.45) is 4.99 Å². The van der Waals surface area contributed by atoms with Crippen LogP contribution in [0.15, 0.2) is 48.0 Å². The Morgan fingerprint density at radius 1 is 1.39 bits per heavy atom. The third kappa shape index (κ3) is 6.05. The van der Waals surface area contributed by atoms with E-state index in [1.54, 1.807) is 6.08 Å². The molecule has 1 rings (SSSR count). The van der Waals surface area contributed by atoms with Gasteiger partial charge in [-0.2, -0.15) is 0 Å². The fourth-order valence-electron chi connectivity index (χ4n) is 1.55. The third-order valence-electron chi connectivity index (χ3n) is 2.33. The van der Waals surface area contributed by atoms with Crippen molar-refractivity contribution in [1.82, 2.24) is 10.2 Å². The molecule has 100 valence electrons. The summed E-state index contributed by atoms with van der Waals surface area (Å²) in [5.74, 6) is 0.913. The first kappa shape index (κ1) is 17.0. The predicted octanol–water partition coefficient (Wildman–Crippen LogP) is 2.89. The molecule has 0 aliphatic rings. The smallest absolute Gasteiger partial charge is 0.194 e. The molecule has 0 aliphatic heterocycles. The number of hydrogen-bond acceptors (Lipinski definition) is 1. The van der Waals surface area contributed by atoms with Gasteiger partial charge in [0, 0.05) is 20.1 Å². The number of nitrogens with one attached hydrogen (secondary N) is 1. The van der Waals surface area contributed by atoms with E-state index in [2.05, 4.69) is 53.0 Å². The van der Waals surface area contributed by atoms with E-state index < -0.39 is 0 Å². The van der Waals surface area contributed by atoms with Gasteiger partial charge in [-0.3, -0.25) is 0 Å². The summed E-state index contributed by atoms with van der Waals surface area (Å²) in [6, 6.07) is 10.4. The fourth-order valence-corrected chi connectivity index (χ4v) is 1.55. The van der Waals surface area contributed by atoms with Gasteiger partial charge in [-0.1, -0.05) is 36.4 Å². The van der Waals surface area contributed by atoms with Crippen molar-refractivity contribution in [2.45, 2.75) is 13.5 Å². The van der Waals surface area contributed by atoms with Crippen molar-refractivity contribution in [3.63, 3.8) is 0 Å². The molecule has 1 N–H and O–H groups in total. The zero-order chi connectivity index (χ0) is 12.5. The molecule has 1 aromatic carbocycles. The quantitative estimate of drug-likeness (QED) is 0.379. The topological polar surface area (TPSA) is 27.6 Å². The maximum Gasteiger partial charge on any atom is 0.194 e. The van der Waals surface area contributed by atoms with Crippen LogP contribution < -0.4 is 5.32 Å². The van der Waals surface area contributed by atoms with Gasteiger partial charge in [-0.25, -0.2) is 4.99 Å². The molecule has 0 atom stereocenters. The Morgan fingerprint density at radius 3 is 2.61 bits per heavy atom. The minimum atomic E-state index is 0. The number of nitrogens with zero attached hydrogens (tertiary/aromatic N) is 2. The zero-order valence-electron chi connectivity index (χ0n) is 11.1. The maximum atomic E-state index is 4.44. The number of hydrogen-bond donors (Lipinski definition) is 1. The van der Waals surface area contributed by atoms with Gasteiger partial charge in [0.15, 0.2) is 5.96 Å². The lowest BCUT2D eigenvalue weighted by Gasteiger charge is -2.21. The molecule has 0 bridgehead atoms. The van der Waals surface area contributed by atoms with E-state index in [0.717, 1.165) is 19.0 Å². The fraction of sp³-hybridized carbons (Fsp3) is 0.357. The molecule has 1 aromatic rings. The predicted molar refractivity (Wildman–Crippen MR) is 89.5 cm³/mol. The van der Waals surface area contributed by atoms with Gasteiger partial charge < -0.3 is 10.2 Å². The Kier molecular flexibility index (Phi) is 9.36. The van der Waals surface area contributed by atoms with Gasteiger partial charge in [0.25, 0.3) is 0 Å². The van der Waals surface area contributed by atoms with E-state index in [9.17, 15) is 0 Å². The van der Waals surface area contributed by atoms with E-state index in [4.69, 9.17) is 0 Å². The van der Waals surface area contributed by atoms with Crippen LogP contribution in [0.3, 0.4) is 0 Å². The van der Waals surface area contributed by atoms with Crippen molar-refractivity contribution < 1.29 is 0 Å². The van der Waals surface area contributed by atoms with Crippen LogP contribution in [0.2, 0.25) is 0 Å². The minimum Gasteiger partial charge on any atom is -0.357 e. The van der Waals surface area contributed by atoms with Gasteiger partial charge in [0.2, 0.25) is 0 Å². The highest BCUT2D eigenvalue weighted by Gasteiger charge is 2.05. The maximum absolute atomic E-state index is 4.44. The highest BCUT2D eigenvalue weighted by Crippen LogP contribution is 2.02. The van der Waals surface area contributed by atoms with E-state index in [1.807, 2.05) is 13.1 Å². The summed E-state index contributed by atoms with van der Waals surface area (Å²) in [7, 11) is 2.04. The first-order valence-corrected chi connectivity index (χ1v) is 5.92. The van der Waals surface area contributed by atoms with Crippen molar-refractivity contribution in [3.05, 3.63) is 48.6 Å². The molecule has 0 aliphatic carbocycles. The minimum absolute atomic E-state index is 0. The van der Waals surface area contributed by atoms with Crippen molar-refractivity contribution in [2.75, 3.05) is 20.1 Å². The second-order valence-corrected chi connectivity index (χ2v) is 3.82.